The van der Waals surface area contributed by atoms with Gasteiger partial charge in [0.1, 0.15) is 5.75 Å². The Hall–Kier alpha value is -1.27. The van der Waals surface area contributed by atoms with Crippen molar-refractivity contribution in [2.75, 3.05) is 0 Å². The highest BCUT2D eigenvalue weighted by Gasteiger charge is 1.98. The Labute approximate surface area is 74.0 Å². The second-order valence-corrected chi connectivity index (χ2v) is 3.24. The molecule has 1 unspecified atom stereocenters. The summed E-state index contributed by atoms with van der Waals surface area (Å²) < 4.78 is 17.2. The van der Waals surface area contributed by atoms with E-state index in [4.69, 9.17) is 11.2 Å². The quantitative estimate of drug-likeness (QED) is 0.480. The van der Waals surface area contributed by atoms with Gasteiger partial charge in [-0.1, -0.05) is 5.92 Å². The first-order valence-electron chi connectivity index (χ1n) is 3.60. The molecule has 1 nitrogen and oxygen atoms in total. The number of hydrogen-bond acceptors (Lipinski definition) is 1. The second kappa shape index (κ2) is 3.93. The van der Waals surface area contributed by atoms with E-state index in [1.165, 1.54) is 0 Å². The van der Waals surface area contributed by atoms with Crippen molar-refractivity contribution < 1.29 is 9.13 Å². The van der Waals surface area contributed by atoms with Gasteiger partial charge in [-0.15, -0.1) is 6.42 Å². The van der Waals surface area contributed by atoms with Gasteiger partial charge >= 0.3 is 0 Å². The van der Waals surface area contributed by atoms with Crippen LogP contribution in [0.1, 0.15) is 5.56 Å². The normalized spacial score (nSPS) is 12.0. The first kappa shape index (κ1) is 8.82. The van der Waals surface area contributed by atoms with Crippen molar-refractivity contribution in [2.24, 2.45) is 0 Å². The number of hydrogen-bond donors (Lipinski definition) is 0. The lowest BCUT2D eigenvalue weighted by Gasteiger charge is -2.05. The molecule has 0 aliphatic rings. The van der Waals surface area contributed by atoms with Crippen LogP contribution in [0.5, 0.6) is 5.75 Å². The van der Waals surface area contributed by atoms with Gasteiger partial charge in [0, 0.05) is 5.56 Å². The first-order valence-corrected chi connectivity index (χ1v) is 4.75. The van der Waals surface area contributed by atoms with Crippen LogP contribution in [0.25, 0.3) is 0 Å². The minimum Gasteiger partial charge on any atom is -0.466 e. The maximum atomic E-state index is 12.4. The molecule has 0 spiro atoms. The predicted molar refractivity (Wildman–Crippen MR) is 49.8 cm³/mol. The van der Waals surface area contributed by atoms with Crippen molar-refractivity contribution in [3.63, 3.8) is 0 Å². The molecule has 0 bridgehead atoms. The highest BCUT2D eigenvalue weighted by molar-refractivity contribution is 6.10. The molecule has 0 heterocycles. The van der Waals surface area contributed by atoms with Gasteiger partial charge in [0.25, 0.3) is 0 Å². The average molecular weight is 180 g/mol. The second-order valence-electron chi connectivity index (χ2n) is 2.33. The molecule has 0 N–H and O–H groups in total. The van der Waals surface area contributed by atoms with Crippen LogP contribution in [0, 0.1) is 12.3 Å². The minimum absolute atomic E-state index is 0.374. The number of rotatable bonds is 2. The molecule has 1 rings (SSSR count). The van der Waals surface area contributed by atoms with E-state index < -0.39 is 5.98 Å². The van der Waals surface area contributed by atoms with Crippen LogP contribution in [-0.2, 0) is 0 Å². The number of halogens is 1. The molecule has 0 aromatic heterocycles. The van der Waals surface area contributed by atoms with Crippen molar-refractivity contribution in [1.29, 1.82) is 0 Å². The Kier molecular flexibility index (Phi) is 2.89. The highest BCUT2D eigenvalue weighted by atomic mass is 28.1. The lowest BCUT2D eigenvalue weighted by molar-refractivity contribution is 0.146. The maximum Gasteiger partial charge on any atom is 0.208 e. The Morgan fingerprint density at radius 2 is 2.00 bits per heavy atom. The number of alkyl halides is 1. The van der Waals surface area contributed by atoms with E-state index >= 15 is 0 Å². The Balaban J connectivity index is 2.73. The third kappa shape index (κ3) is 2.40. The van der Waals surface area contributed by atoms with E-state index in [0.29, 0.717) is 16.0 Å². The fourth-order valence-electron chi connectivity index (χ4n) is 0.817. The zero-order valence-electron chi connectivity index (χ0n) is 6.75. The zero-order valence-corrected chi connectivity index (χ0v) is 8.75. The van der Waals surface area contributed by atoms with Crippen LogP contribution >= 0.6 is 0 Å². The third-order valence-electron chi connectivity index (χ3n) is 1.32. The molecule has 0 amide bonds. The molecule has 0 radical (unpaired) electrons. The SMILES string of the molecule is C#Cc1ccc(OC(F)[SiH3])cc1. The topological polar surface area (TPSA) is 9.23 Å². The average Bonchev–Trinajstić information content (AvgIpc) is 2.05. The van der Waals surface area contributed by atoms with Crippen LogP contribution in [0.15, 0.2) is 24.3 Å². The molecule has 1 aromatic rings. The van der Waals surface area contributed by atoms with E-state index in [-0.39, 0.29) is 0 Å². The van der Waals surface area contributed by atoms with Crippen LogP contribution in [0.2, 0.25) is 0 Å². The van der Waals surface area contributed by atoms with Crippen molar-refractivity contribution in [2.45, 2.75) is 5.98 Å². The summed E-state index contributed by atoms with van der Waals surface area (Å²) in [6, 6.07) is 6.78. The van der Waals surface area contributed by atoms with Crippen LogP contribution < -0.4 is 4.74 Å². The summed E-state index contributed by atoms with van der Waals surface area (Å²) in [6.07, 6.45) is 5.14. The zero-order chi connectivity index (χ0) is 8.97. The van der Waals surface area contributed by atoms with Gasteiger partial charge in [0.2, 0.25) is 5.98 Å². The highest BCUT2D eigenvalue weighted by Crippen LogP contribution is 2.12. The molecule has 1 aromatic carbocycles. The van der Waals surface area contributed by atoms with E-state index in [2.05, 4.69) is 5.92 Å². The smallest absolute Gasteiger partial charge is 0.208 e. The number of ether oxygens (including phenoxy) is 1. The van der Waals surface area contributed by atoms with Crippen LogP contribution in [-0.4, -0.2) is 16.2 Å². The summed E-state index contributed by atoms with van der Waals surface area (Å²) in [7, 11) is 0.374. The van der Waals surface area contributed by atoms with Crippen molar-refractivity contribution in [1.82, 2.24) is 0 Å². The van der Waals surface area contributed by atoms with Gasteiger partial charge in [-0.3, -0.25) is 0 Å². The minimum atomic E-state index is -1.15. The fraction of sp³-hybridized carbons (Fsp3) is 0.111. The summed E-state index contributed by atoms with van der Waals surface area (Å²) in [4.78, 5) is 0. The molecule has 62 valence electrons. The van der Waals surface area contributed by atoms with Crippen LogP contribution in [0.4, 0.5) is 4.39 Å². The lowest BCUT2D eigenvalue weighted by Crippen LogP contribution is -2.08. The predicted octanol–water partition coefficient (Wildman–Crippen LogP) is 0.665. The van der Waals surface area contributed by atoms with Crippen molar-refractivity contribution in [3.05, 3.63) is 29.8 Å². The molecule has 0 saturated heterocycles. The van der Waals surface area contributed by atoms with Crippen LogP contribution in [0.3, 0.4) is 0 Å². The summed E-state index contributed by atoms with van der Waals surface area (Å²) in [5.41, 5.74) is 0.770. The molecule has 0 aliphatic heterocycles. The van der Waals surface area contributed by atoms with Crippen molar-refractivity contribution in [3.8, 4) is 18.1 Å². The maximum absolute atomic E-state index is 12.4. The van der Waals surface area contributed by atoms with E-state index in [9.17, 15) is 4.39 Å². The van der Waals surface area contributed by atoms with Gasteiger partial charge in [0.15, 0.2) is 0 Å². The molecule has 0 fully saturated rings. The standard InChI is InChI=1S/C9H9FOSi/c1-2-7-3-5-8(6-4-7)11-9(10)12/h1,3-6,9H,12H3. The summed E-state index contributed by atoms with van der Waals surface area (Å²) >= 11 is 0. The number of terminal acetylenes is 1. The Bertz CT molecular complexity index is 286. The summed E-state index contributed by atoms with van der Waals surface area (Å²) in [5.74, 6) is 1.84. The van der Waals surface area contributed by atoms with Gasteiger partial charge in [-0.25, -0.2) is 4.39 Å². The van der Waals surface area contributed by atoms with E-state index in [1.807, 2.05) is 0 Å². The van der Waals surface area contributed by atoms with E-state index in [1.54, 1.807) is 24.3 Å². The number of benzene rings is 1. The lowest BCUT2D eigenvalue weighted by atomic mass is 10.2. The Morgan fingerprint density at radius 1 is 1.42 bits per heavy atom. The van der Waals surface area contributed by atoms with Gasteiger partial charge < -0.3 is 4.74 Å². The van der Waals surface area contributed by atoms with Crippen molar-refractivity contribution >= 4 is 10.2 Å². The molecule has 0 aliphatic carbocycles. The molecule has 3 heteroatoms. The summed E-state index contributed by atoms with van der Waals surface area (Å²) in [6.45, 7) is 0. The monoisotopic (exact) mass is 180 g/mol. The molecular weight excluding hydrogens is 171 g/mol. The summed E-state index contributed by atoms with van der Waals surface area (Å²) in [5, 5.41) is 0. The molecule has 1 atom stereocenters. The molecule has 12 heavy (non-hydrogen) atoms. The molecular formula is C9H9FOSi. The first-order chi connectivity index (χ1) is 5.72. The van der Waals surface area contributed by atoms with Gasteiger partial charge in [-0.2, -0.15) is 0 Å². The third-order valence-corrected chi connectivity index (χ3v) is 1.56. The fourth-order valence-corrected chi connectivity index (χ4v) is 1.09. The van der Waals surface area contributed by atoms with Gasteiger partial charge in [-0.05, 0) is 24.3 Å². The largest absolute Gasteiger partial charge is 0.466 e. The molecule has 0 saturated carbocycles. The van der Waals surface area contributed by atoms with E-state index in [0.717, 1.165) is 5.56 Å². The van der Waals surface area contributed by atoms with Gasteiger partial charge in [0.05, 0.1) is 10.2 Å². The Morgan fingerprint density at radius 3 is 2.42 bits per heavy atom.